The van der Waals surface area contributed by atoms with Crippen molar-refractivity contribution < 1.29 is 9.53 Å². The number of Topliss-reactive ketones (excluding diaryl/α,β-unsaturated/α-hetero) is 1. The van der Waals surface area contributed by atoms with Crippen LogP contribution in [0.2, 0.25) is 0 Å². The predicted molar refractivity (Wildman–Crippen MR) is 92.0 cm³/mol. The van der Waals surface area contributed by atoms with Crippen LogP contribution in [0.3, 0.4) is 0 Å². The van der Waals surface area contributed by atoms with E-state index in [-0.39, 0.29) is 11.8 Å². The number of unbranched alkanes of at least 4 members (excludes halogenated alkanes) is 1. The topological polar surface area (TPSA) is 69.0 Å². The first-order valence-corrected chi connectivity index (χ1v) is 8.22. The molecule has 2 heterocycles. The van der Waals surface area contributed by atoms with Gasteiger partial charge in [0.15, 0.2) is 5.78 Å². The maximum absolute atomic E-state index is 12.2. The number of rotatable bonds is 6. The quantitative estimate of drug-likeness (QED) is 0.825. The van der Waals surface area contributed by atoms with E-state index in [0.29, 0.717) is 18.1 Å². The Morgan fingerprint density at radius 1 is 1.33 bits per heavy atom. The number of hydrogen-bond donors (Lipinski definition) is 1. The van der Waals surface area contributed by atoms with Crippen LogP contribution in [-0.2, 0) is 4.79 Å². The molecule has 1 N–H and O–H groups in total. The molecule has 1 aromatic heterocycles. The Labute approximate surface area is 141 Å². The summed E-state index contributed by atoms with van der Waals surface area (Å²) in [5.41, 5.74) is 2.50. The van der Waals surface area contributed by atoms with Crippen LogP contribution < -0.4 is 10.1 Å². The van der Waals surface area contributed by atoms with Crippen LogP contribution >= 0.6 is 0 Å². The highest BCUT2D eigenvalue weighted by molar-refractivity contribution is 5.96. The standard InChI is InChI=1S/C18H22N4O2/c1-4-5-10-24-15-8-6-14(7-9-15)17-16(13(3)23)12(2)21-18-19-11-20-22(17)18/h6-9,11,17H,4-5,10H2,1-3H3,(H,19,20,21)/t17-/m0/s1. The van der Waals surface area contributed by atoms with Gasteiger partial charge in [0.1, 0.15) is 18.1 Å². The summed E-state index contributed by atoms with van der Waals surface area (Å²) in [6.45, 7) is 6.33. The Balaban J connectivity index is 1.93. The van der Waals surface area contributed by atoms with Gasteiger partial charge in [0.2, 0.25) is 5.95 Å². The number of allylic oxidation sites excluding steroid dienone is 2. The van der Waals surface area contributed by atoms with Crippen LogP contribution in [0.4, 0.5) is 5.95 Å². The van der Waals surface area contributed by atoms with E-state index in [1.165, 1.54) is 6.33 Å². The summed E-state index contributed by atoms with van der Waals surface area (Å²) in [5, 5.41) is 7.43. The monoisotopic (exact) mass is 326 g/mol. The van der Waals surface area contributed by atoms with Gasteiger partial charge in [0, 0.05) is 11.3 Å². The zero-order chi connectivity index (χ0) is 17.1. The van der Waals surface area contributed by atoms with Crippen molar-refractivity contribution >= 4 is 11.7 Å². The lowest BCUT2D eigenvalue weighted by Crippen LogP contribution is -2.27. The van der Waals surface area contributed by atoms with Gasteiger partial charge in [-0.25, -0.2) is 4.68 Å². The summed E-state index contributed by atoms with van der Waals surface area (Å²) in [4.78, 5) is 16.4. The first-order valence-electron chi connectivity index (χ1n) is 8.22. The van der Waals surface area contributed by atoms with Crippen molar-refractivity contribution in [3.63, 3.8) is 0 Å². The van der Waals surface area contributed by atoms with Crippen LogP contribution in [-0.4, -0.2) is 27.2 Å². The van der Waals surface area contributed by atoms with Crippen LogP contribution in [0.1, 0.15) is 45.2 Å². The van der Waals surface area contributed by atoms with Crippen LogP contribution in [0, 0.1) is 0 Å². The van der Waals surface area contributed by atoms with Gasteiger partial charge in [-0.2, -0.15) is 10.1 Å². The molecule has 0 radical (unpaired) electrons. The normalized spacial score (nSPS) is 16.5. The molecule has 0 saturated carbocycles. The molecule has 1 aromatic carbocycles. The highest BCUT2D eigenvalue weighted by Crippen LogP contribution is 2.35. The predicted octanol–water partition coefficient (Wildman–Crippen LogP) is 3.33. The lowest BCUT2D eigenvalue weighted by Gasteiger charge is -2.28. The van der Waals surface area contributed by atoms with E-state index in [4.69, 9.17) is 4.74 Å². The molecular formula is C18H22N4O2. The summed E-state index contributed by atoms with van der Waals surface area (Å²) in [5.74, 6) is 1.50. The summed E-state index contributed by atoms with van der Waals surface area (Å²) < 4.78 is 7.46. The van der Waals surface area contributed by atoms with Crippen molar-refractivity contribution in [2.75, 3.05) is 11.9 Å². The second kappa shape index (κ2) is 6.86. The molecule has 6 heteroatoms. The number of aromatic nitrogens is 3. The molecule has 0 bridgehead atoms. The zero-order valence-corrected chi connectivity index (χ0v) is 14.2. The zero-order valence-electron chi connectivity index (χ0n) is 14.2. The Hall–Kier alpha value is -2.63. The first kappa shape index (κ1) is 16.2. The van der Waals surface area contributed by atoms with E-state index in [1.807, 2.05) is 31.2 Å². The molecule has 0 amide bonds. The molecule has 2 aromatic rings. The number of fused-ring (bicyclic) bond motifs is 1. The van der Waals surface area contributed by atoms with Crippen molar-refractivity contribution in [3.8, 4) is 5.75 Å². The molecule has 1 aliphatic rings. The minimum atomic E-state index is -0.272. The fourth-order valence-corrected chi connectivity index (χ4v) is 2.94. The summed E-state index contributed by atoms with van der Waals surface area (Å²) in [6.07, 6.45) is 3.64. The minimum Gasteiger partial charge on any atom is -0.494 e. The SMILES string of the molecule is CCCCOc1ccc([C@H]2C(C(C)=O)=C(C)Nc3ncnn32)cc1. The Bertz CT molecular complexity index is 762. The third-order valence-electron chi connectivity index (χ3n) is 4.14. The van der Waals surface area contributed by atoms with Crippen LogP contribution in [0.15, 0.2) is 41.9 Å². The van der Waals surface area contributed by atoms with E-state index >= 15 is 0 Å². The van der Waals surface area contributed by atoms with Gasteiger partial charge >= 0.3 is 0 Å². The van der Waals surface area contributed by atoms with E-state index < -0.39 is 0 Å². The van der Waals surface area contributed by atoms with Crippen molar-refractivity contribution in [2.24, 2.45) is 0 Å². The maximum Gasteiger partial charge on any atom is 0.226 e. The van der Waals surface area contributed by atoms with Gasteiger partial charge in [0.25, 0.3) is 0 Å². The molecule has 0 fully saturated rings. The van der Waals surface area contributed by atoms with Crippen molar-refractivity contribution in [3.05, 3.63) is 47.4 Å². The number of carbonyl (C=O) groups excluding carboxylic acids is 1. The molecule has 3 rings (SSSR count). The highest BCUT2D eigenvalue weighted by Gasteiger charge is 2.31. The first-order chi connectivity index (χ1) is 11.6. The van der Waals surface area contributed by atoms with Crippen molar-refractivity contribution in [1.82, 2.24) is 14.8 Å². The summed E-state index contributed by atoms with van der Waals surface area (Å²) in [7, 11) is 0. The van der Waals surface area contributed by atoms with Gasteiger partial charge in [0.05, 0.1) is 6.61 Å². The maximum atomic E-state index is 12.2. The average Bonchev–Trinajstić information content (AvgIpc) is 3.02. The van der Waals surface area contributed by atoms with Gasteiger partial charge in [-0.05, 0) is 38.0 Å². The van der Waals surface area contributed by atoms with Crippen molar-refractivity contribution in [2.45, 2.75) is 39.7 Å². The number of nitrogens with one attached hydrogen (secondary N) is 1. The fourth-order valence-electron chi connectivity index (χ4n) is 2.94. The van der Waals surface area contributed by atoms with E-state index in [1.54, 1.807) is 11.6 Å². The molecule has 0 aliphatic carbocycles. The second-order valence-corrected chi connectivity index (χ2v) is 5.92. The molecule has 6 nitrogen and oxygen atoms in total. The largest absolute Gasteiger partial charge is 0.494 e. The Morgan fingerprint density at radius 3 is 2.75 bits per heavy atom. The smallest absolute Gasteiger partial charge is 0.226 e. The lowest BCUT2D eigenvalue weighted by molar-refractivity contribution is -0.114. The minimum absolute atomic E-state index is 0.0226. The molecule has 0 unspecified atom stereocenters. The number of nitrogens with zero attached hydrogens (tertiary/aromatic N) is 3. The van der Waals surface area contributed by atoms with Crippen LogP contribution in [0.5, 0.6) is 5.75 Å². The van der Waals surface area contributed by atoms with Gasteiger partial charge in [-0.1, -0.05) is 25.5 Å². The highest BCUT2D eigenvalue weighted by atomic mass is 16.5. The molecule has 0 saturated heterocycles. The molecule has 0 spiro atoms. The fraction of sp³-hybridized carbons (Fsp3) is 0.389. The molecule has 1 atom stereocenters. The number of ketones is 1. The molecule has 24 heavy (non-hydrogen) atoms. The van der Waals surface area contributed by atoms with E-state index in [9.17, 15) is 4.79 Å². The van der Waals surface area contributed by atoms with Crippen molar-refractivity contribution in [1.29, 1.82) is 0 Å². The Morgan fingerprint density at radius 2 is 2.08 bits per heavy atom. The van der Waals surface area contributed by atoms with Gasteiger partial charge in [-0.3, -0.25) is 4.79 Å². The van der Waals surface area contributed by atoms with Crippen LogP contribution in [0.25, 0.3) is 0 Å². The number of benzene rings is 1. The second-order valence-electron chi connectivity index (χ2n) is 5.92. The number of carbonyl (C=O) groups is 1. The molecule has 1 aliphatic heterocycles. The molecule has 126 valence electrons. The number of hydrogen-bond acceptors (Lipinski definition) is 5. The third kappa shape index (κ3) is 3.04. The van der Waals surface area contributed by atoms with E-state index in [0.717, 1.165) is 29.9 Å². The summed E-state index contributed by atoms with van der Waals surface area (Å²) >= 11 is 0. The van der Waals surface area contributed by atoms with Gasteiger partial charge < -0.3 is 10.1 Å². The Kier molecular flexibility index (Phi) is 4.64. The number of ether oxygens (including phenoxy) is 1. The average molecular weight is 326 g/mol. The summed E-state index contributed by atoms with van der Waals surface area (Å²) in [6, 6.07) is 7.58. The molecular weight excluding hydrogens is 304 g/mol. The number of anilines is 1. The van der Waals surface area contributed by atoms with Gasteiger partial charge in [-0.15, -0.1) is 0 Å². The lowest BCUT2D eigenvalue weighted by atomic mass is 9.93. The third-order valence-corrected chi connectivity index (χ3v) is 4.14. The van der Waals surface area contributed by atoms with E-state index in [2.05, 4.69) is 22.3 Å².